The maximum absolute atomic E-state index is 13.2. The molecule has 0 N–H and O–H groups in total. The first-order valence-electron chi connectivity index (χ1n) is 9.36. The lowest BCUT2D eigenvalue weighted by atomic mass is 10.1. The Morgan fingerprint density at radius 2 is 1.68 bits per heavy atom. The van der Waals surface area contributed by atoms with E-state index in [2.05, 4.69) is 19.8 Å². The summed E-state index contributed by atoms with van der Waals surface area (Å²) in [5.41, 5.74) is 1.35. The fraction of sp³-hybridized carbons (Fsp3) is 0.400. The van der Waals surface area contributed by atoms with Crippen molar-refractivity contribution >= 4 is 23.3 Å². The van der Waals surface area contributed by atoms with Crippen LogP contribution < -0.4 is 9.80 Å². The van der Waals surface area contributed by atoms with Crippen LogP contribution in [0.1, 0.15) is 17.9 Å². The molecule has 1 aromatic heterocycles. The van der Waals surface area contributed by atoms with Crippen LogP contribution in [0.2, 0.25) is 0 Å². The number of carbonyl (C=O) groups excluding carboxylic acids is 2. The molecule has 146 valence electrons. The van der Waals surface area contributed by atoms with Crippen LogP contribution in [-0.4, -0.2) is 58.9 Å². The van der Waals surface area contributed by atoms with Gasteiger partial charge in [0.1, 0.15) is 17.5 Å². The number of anilines is 2. The molecule has 0 radical (unpaired) electrons. The van der Waals surface area contributed by atoms with Crippen molar-refractivity contribution in [2.24, 2.45) is 0 Å². The van der Waals surface area contributed by atoms with Crippen molar-refractivity contribution < 1.29 is 14.0 Å². The Hall–Kier alpha value is -2.87. The number of hydrogen-bond donors (Lipinski definition) is 0. The predicted molar refractivity (Wildman–Crippen MR) is 103 cm³/mol. The summed E-state index contributed by atoms with van der Waals surface area (Å²) in [5.74, 6) is 0.755. The van der Waals surface area contributed by atoms with Crippen molar-refractivity contribution in [1.29, 1.82) is 0 Å². The van der Waals surface area contributed by atoms with E-state index >= 15 is 0 Å². The summed E-state index contributed by atoms with van der Waals surface area (Å²) in [6, 6.07) is 6.94. The average molecular weight is 383 g/mol. The molecule has 1 atom stereocenters. The van der Waals surface area contributed by atoms with Gasteiger partial charge in [-0.05, 0) is 38.1 Å². The number of hydrogen-bond acceptors (Lipinski definition) is 6. The lowest BCUT2D eigenvalue weighted by Gasteiger charge is -2.37. The number of benzene rings is 1. The molecule has 8 heteroatoms. The molecule has 0 aliphatic carbocycles. The van der Waals surface area contributed by atoms with Crippen LogP contribution in [0.5, 0.6) is 0 Å². The molecular formula is C20H22FN5O2. The van der Waals surface area contributed by atoms with E-state index in [0.29, 0.717) is 18.8 Å². The van der Waals surface area contributed by atoms with E-state index in [0.717, 1.165) is 30.4 Å². The molecule has 2 aliphatic rings. The molecule has 2 saturated heterocycles. The zero-order valence-corrected chi connectivity index (χ0v) is 15.9. The standard InChI is InChI=1S/C20H22FN5O2/c1-13-11-18(23-14(2)22-13)25-9-7-24(8-10-25)17-12-19(27)26(20(17)28)16-5-3-15(21)4-6-16/h3-6,11,17H,7-10,12H2,1-2H3. The van der Waals surface area contributed by atoms with Crippen LogP contribution in [0.25, 0.3) is 0 Å². The van der Waals surface area contributed by atoms with Crippen LogP contribution in [0.4, 0.5) is 15.9 Å². The lowest BCUT2D eigenvalue weighted by molar-refractivity contribution is -0.123. The summed E-state index contributed by atoms with van der Waals surface area (Å²) < 4.78 is 13.2. The van der Waals surface area contributed by atoms with E-state index < -0.39 is 11.9 Å². The smallest absolute Gasteiger partial charge is 0.251 e. The van der Waals surface area contributed by atoms with Gasteiger partial charge in [0, 0.05) is 37.9 Å². The summed E-state index contributed by atoms with van der Waals surface area (Å²) in [6.45, 7) is 6.61. The minimum Gasteiger partial charge on any atom is -0.354 e. The van der Waals surface area contributed by atoms with Crippen molar-refractivity contribution in [3.63, 3.8) is 0 Å². The van der Waals surface area contributed by atoms with E-state index in [1.165, 1.54) is 29.2 Å². The minimum atomic E-state index is -0.464. The Morgan fingerprint density at radius 3 is 2.32 bits per heavy atom. The fourth-order valence-electron chi connectivity index (χ4n) is 3.88. The normalized spacial score (nSPS) is 20.9. The second-order valence-electron chi connectivity index (χ2n) is 7.20. The molecule has 28 heavy (non-hydrogen) atoms. The van der Waals surface area contributed by atoms with Gasteiger partial charge in [-0.3, -0.25) is 14.5 Å². The monoisotopic (exact) mass is 383 g/mol. The SMILES string of the molecule is Cc1cc(N2CCN(C3CC(=O)N(c4ccc(F)cc4)C3=O)CC2)nc(C)n1. The van der Waals surface area contributed by atoms with Crippen molar-refractivity contribution in [3.05, 3.63) is 47.7 Å². The van der Waals surface area contributed by atoms with E-state index in [9.17, 15) is 14.0 Å². The largest absolute Gasteiger partial charge is 0.354 e. The van der Waals surface area contributed by atoms with Gasteiger partial charge in [0.2, 0.25) is 5.91 Å². The third-order valence-corrected chi connectivity index (χ3v) is 5.24. The highest BCUT2D eigenvalue weighted by Crippen LogP contribution is 2.27. The Morgan fingerprint density at radius 1 is 1.00 bits per heavy atom. The Balaban J connectivity index is 1.44. The molecule has 3 heterocycles. The number of amides is 2. The zero-order valence-electron chi connectivity index (χ0n) is 15.9. The van der Waals surface area contributed by atoms with E-state index in [4.69, 9.17) is 0 Å². The molecule has 1 unspecified atom stereocenters. The van der Waals surface area contributed by atoms with Crippen molar-refractivity contribution in [2.75, 3.05) is 36.0 Å². The van der Waals surface area contributed by atoms with Crippen LogP contribution in [-0.2, 0) is 9.59 Å². The van der Waals surface area contributed by atoms with Gasteiger partial charge >= 0.3 is 0 Å². The maximum Gasteiger partial charge on any atom is 0.251 e. The van der Waals surface area contributed by atoms with Gasteiger partial charge in [0.05, 0.1) is 18.2 Å². The van der Waals surface area contributed by atoms with Gasteiger partial charge < -0.3 is 4.90 Å². The number of piperazine rings is 1. The third kappa shape index (κ3) is 3.47. The molecule has 2 amide bonds. The number of nitrogens with zero attached hydrogens (tertiary/aromatic N) is 5. The summed E-state index contributed by atoms with van der Waals surface area (Å²) >= 11 is 0. The van der Waals surface area contributed by atoms with Crippen molar-refractivity contribution in [3.8, 4) is 0 Å². The second kappa shape index (κ2) is 7.27. The molecule has 0 spiro atoms. The van der Waals surface area contributed by atoms with Gasteiger partial charge in [-0.25, -0.2) is 19.3 Å². The first-order valence-corrected chi connectivity index (χ1v) is 9.36. The number of aromatic nitrogens is 2. The number of halogens is 1. The van der Waals surface area contributed by atoms with Crippen LogP contribution in [0, 0.1) is 19.7 Å². The topological polar surface area (TPSA) is 69.6 Å². The van der Waals surface area contributed by atoms with Crippen LogP contribution >= 0.6 is 0 Å². The molecule has 7 nitrogen and oxygen atoms in total. The minimum absolute atomic E-state index is 0.155. The number of rotatable bonds is 3. The van der Waals surface area contributed by atoms with E-state index in [1.54, 1.807) is 0 Å². The first kappa shape index (κ1) is 18.5. The zero-order chi connectivity index (χ0) is 19.8. The molecule has 1 aromatic carbocycles. The Bertz CT molecular complexity index is 889. The highest BCUT2D eigenvalue weighted by molar-refractivity contribution is 6.22. The van der Waals surface area contributed by atoms with E-state index in [-0.39, 0.29) is 18.2 Å². The van der Waals surface area contributed by atoms with E-state index in [1.807, 2.05) is 19.9 Å². The summed E-state index contributed by atoms with van der Waals surface area (Å²) in [4.78, 5) is 39.5. The first-order chi connectivity index (χ1) is 13.4. The molecule has 2 aromatic rings. The molecule has 0 bridgehead atoms. The Labute approximate surface area is 162 Å². The molecular weight excluding hydrogens is 361 g/mol. The van der Waals surface area contributed by atoms with Crippen molar-refractivity contribution in [1.82, 2.24) is 14.9 Å². The quantitative estimate of drug-likeness (QED) is 0.752. The van der Waals surface area contributed by atoms with Crippen LogP contribution in [0.15, 0.2) is 30.3 Å². The number of imide groups is 1. The highest BCUT2D eigenvalue weighted by Gasteiger charge is 2.43. The number of aryl methyl sites for hydroxylation is 2. The predicted octanol–water partition coefficient (Wildman–Crippen LogP) is 1.69. The Kier molecular flexibility index (Phi) is 4.80. The average Bonchev–Trinajstić information content (AvgIpc) is 2.96. The molecule has 4 rings (SSSR count). The fourth-order valence-corrected chi connectivity index (χ4v) is 3.88. The second-order valence-corrected chi connectivity index (χ2v) is 7.20. The van der Waals surface area contributed by atoms with Gasteiger partial charge in [-0.1, -0.05) is 0 Å². The molecule has 2 aliphatic heterocycles. The molecule has 0 saturated carbocycles. The maximum atomic E-state index is 13.2. The number of carbonyl (C=O) groups is 2. The summed E-state index contributed by atoms with van der Waals surface area (Å²) in [7, 11) is 0. The summed E-state index contributed by atoms with van der Waals surface area (Å²) in [5, 5.41) is 0. The molecule has 2 fully saturated rings. The highest BCUT2D eigenvalue weighted by atomic mass is 19.1. The van der Waals surface area contributed by atoms with Gasteiger partial charge in [-0.15, -0.1) is 0 Å². The van der Waals surface area contributed by atoms with Gasteiger partial charge in [-0.2, -0.15) is 0 Å². The van der Waals surface area contributed by atoms with Crippen LogP contribution in [0.3, 0.4) is 0 Å². The summed E-state index contributed by atoms with van der Waals surface area (Å²) in [6.07, 6.45) is 0.155. The van der Waals surface area contributed by atoms with Crippen molar-refractivity contribution in [2.45, 2.75) is 26.3 Å². The third-order valence-electron chi connectivity index (χ3n) is 5.24. The van der Waals surface area contributed by atoms with Gasteiger partial charge in [0.15, 0.2) is 0 Å². The van der Waals surface area contributed by atoms with Gasteiger partial charge in [0.25, 0.3) is 5.91 Å². The lowest BCUT2D eigenvalue weighted by Crippen LogP contribution is -2.52.